The third-order valence-corrected chi connectivity index (χ3v) is 5.48. The first-order valence-electron chi connectivity index (χ1n) is 10.5. The van der Waals surface area contributed by atoms with Crippen LogP contribution in [-0.4, -0.2) is 54.3 Å². The standard InChI is InChI=1S/C24H29N3O4/c1-18(28)26(2)16-19-7-6-8-21(15-19)25-24(30)20-11-13-27(14-12-20)23(29)17-31-22-9-4-3-5-10-22/h3-10,15,20H,11-14,16-17H2,1-2H3,(H,25,30). The molecule has 1 N–H and O–H groups in total. The summed E-state index contributed by atoms with van der Waals surface area (Å²) >= 11 is 0. The fourth-order valence-corrected chi connectivity index (χ4v) is 3.52. The first-order chi connectivity index (χ1) is 14.9. The minimum atomic E-state index is -0.136. The highest BCUT2D eigenvalue weighted by Crippen LogP contribution is 2.21. The van der Waals surface area contributed by atoms with E-state index in [2.05, 4.69) is 5.32 Å². The average molecular weight is 424 g/mol. The van der Waals surface area contributed by atoms with E-state index in [0.29, 0.717) is 43.9 Å². The molecule has 7 heteroatoms. The number of benzene rings is 2. The highest BCUT2D eigenvalue weighted by molar-refractivity contribution is 5.92. The van der Waals surface area contributed by atoms with E-state index in [-0.39, 0.29) is 30.2 Å². The van der Waals surface area contributed by atoms with E-state index in [4.69, 9.17) is 4.74 Å². The Kier molecular flexibility index (Phi) is 7.65. The molecule has 1 aliphatic rings. The lowest BCUT2D eigenvalue weighted by atomic mass is 9.95. The molecule has 2 aromatic carbocycles. The van der Waals surface area contributed by atoms with Crippen molar-refractivity contribution in [2.45, 2.75) is 26.3 Å². The van der Waals surface area contributed by atoms with E-state index in [1.165, 1.54) is 6.92 Å². The van der Waals surface area contributed by atoms with E-state index < -0.39 is 0 Å². The van der Waals surface area contributed by atoms with E-state index in [1.807, 2.05) is 54.6 Å². The Morgan fingerprint density at radius 1 is 1.06 bits per heavy atom. The third kappa shape index (κ3) is 6.57. The number of likely N-dealkylation sites (tertiary alicyclic amines) is 1. The molecule has 31 heavy (non-hydrogen) atoms. The minimum absolute atomic E-state index is 0.00236. The second-order valence-corrected chi connectivity index (χ2v) is 7.82. The molecule has 3 rings (SSSR count). The van der Waals surface area contributed by atoms with Crippen molar-refractivity contribution in [2.24, 2.45) is 5.92 Å². The second kappa shape index (κ2) is 10.6. The highest BCUT2D eigenvalue weighted by atomic mass is 16.5. The van der Waals surface area contributed by atoms with Crippen LogP contribution in [0.4, 0.5) is 5.69 Å². The topological polar surface area (TPSA) is 79.0 Å². The van der Waals surface area contributed by atoms with Gasteiger partial charge in [-0.2, -0.15) is 0 Å². The largest absolute Gasteiger partial charge is 0.484 e. The Labute approximate surface area is 183 Å². The van der Waals surface area contributed by atoms with Crippen LogP contribution in [0.25, 0.3) is 0 Å². The summed E-state index contributed by atoms with van der Waals surface area (Å²) in [7, 11) is 1.74. The van der Waals surface area contributed by atoms with Gasteiger partial charge in [-0.05, 0) is 42.7 Å². The van der Waals surface area contributed by atoms with Crippen molar-refractivity contribution in [3.8, 4) is 5.75 Å². The lowest BCUT2D eigenvalue weighted by molar-refractivity contribution is -0.136. The highest BCUT2D eigenvalue weighted by Gasteiger charge is 2.27. The molecule has 1 heterocycles. The molecule has 0 saturated carbocycles. The number of amides is 3. The van der Waals surface area contributed by atoms with Crippen LogP contribution in [0, 0.1) is 5.92 Å². The molecule has 0 aliphatic carbocycles. The monoisotopic (exact) mass is 423 g/mol. The summed E-state index contributed by atoms with van der Waals surface area (Å²) in [5.41, 5.74) is 1.67. The first-order valence-corrected chi connectivity index (χ1v) is 10.5. The molecule has 0 aromatic heterocycles. The van der Waals surface area contributed by atoms with Crippen molar-refractivity contribution in [3.05, 3.63) is 60.2 Å². The molecule has 3 amide bonds. The van der Waals surface area contributed by atoms with E-state index in [1.54, 1.807) is 16.8 Å². The van der Waals surface area contributed by atoms with Gasteiger partial charge in [0.05, 0.1) is 0 Å². The summed E-state index contributed by atoms with van der Waals surface area (Å²) in [4.78, 5) is 39.9. The maximum atomic E-state index is 12.7. The predicted molar refractivity (Wildman–Crippen MR) is 118 cm³/mol. The molecule has 1 fully saturated rings. The number of hydrogen-bond acceptors (Lipinski definition) is 4. The zero-order valence-electron chi connectivity index (χ0n) is 18.0. The van der Waals surface area contributed by atoms with Gasteiger partial charge in [-0.3, -0.25) is 14.4 Å². The number of nitrogens with one attached hydrogen (secondary N) is 1. The number of ether oxygens (including phenoxy) is 1. The molecule has 1 aliphatic heterocycles. The van der Waals surface area contributed by atoms with E-state index in [0.717, 1.165) is 5.56 Å². The van der Waals surface area contributed by atoms with Crippen LogP contribution in [0.5, 0.6) is 5.75 Å². The summed E-state index contributed by atoms with van der Waals surface area (Å²) < 4.78 is 5.53. The normalized spacial score (nSPS) is 14.1. The molecule has 0 bridgehead atoms. The Morgan fingerprint density at radius 2 is 1.77 bits per heavy atom. The van der Waals surface area contributed by atoms with Crippen molar-refractivity contribution >= 4 is 23.4 Å². The number of carbonyl (C=O) groups excluding carboxylic acids is 3. The fourth-order valence-electron chi connectivity index (χ4n) is 3.52. The summed E-state index contributed by atoms with van der Waals surface area (Å²) in [6, 6.07) is 16.8. The lowest BCUT2D eigenvalue weighted by Gasteiger charge is -2.31. The lowest BCUT2D eigenvalue weighted by Crippen LogP contribution is -2.43. The molecule has 0 radical (unpaired) electrons. The summed E-state index contributed by atoms with van der Waals surface area (Å²) in [6.07, 6.45) is 1.24. The number of nitrogens with zero attached hydrogens (tertiary/aromatic N) is 2. The van der Waals surface area contributed by atoms with Gasteiger partial charge in [0, 0.05) is 45.2 Å². The third-order valence-electron chi connectivity index (χ3n) is 5.48. The van der Waals surface area contributed by atoms with Crippen LogP contribution >= 0.6 is 0 Å². The predicted octanol–water partition coefficient (Wildman–Crippen LogP) is 2.92. The number of hydrogen-bond donors (Lipinski definition) is 1. The quantitative estimate of drug-likeness (QED) is 0.743. The first kappa shape index (κ1) is 22.3. The number of para-hydroxylation sites is 1. The van der Waals surface area contributed by atoms with Crippen LogP contribution in [-0.2, 0) is 20.9 Å². The molecular weight excluding hydrogens is 394 g/mol. The van der Waals surface area contributed by atoms with Gasteiger partial charge < -0.3 is 19.9 Å². The van der Waals surface area contributed by atoms with Crippen molar-refractivity contribution in [2.75, 3.05) is 32.1 Å². The fraction of sp³-hybridized carbons (Fsp3) is 0.375. The van der Waals surface area contributed by atoms with Gasteiger partial charge in [0.15, 0.2) is 6.61 Å². The molecule has 2 aromatic rings. The average Bonchev–Trinajstić information content (AvgIpc) is 2.78. The van der Waals surface area contributed by atoms with Crippen molar-refractivity contribution < 1.29 is 19.1 Å². The SMILES string of the molecule is CC(=O)N(C)Cc1cccc(NC(=O)C2CCN(C(=O)COc3ccccc3)CC2)c1. The Hall–Kier alpha value is -3.35. The minimum Gasteiger partial charge on any atom is -0.484 e. The maximum absolute atomic E-state index is 12.7. The molecule has 164 valence electrons. The summed E-state index contributed by atoms with van der Waals surface area (Å²) in [5, 5.41) is 2.97. The summed E-state index contributed by atoms with van der Waals surface area (Å²) in [5.74, 6) is 0.420. The van der Waals surface area contributed by atoms with E-state index in [9.17, 15) is 14.4 Å². The molecule has 0 unspecified atom stereocenters. The van der Waals surface area contributed by atoms with Crippen LogP contribution in [0.2, 0.25) is 0 Å². The molecule has 0 spiro atoms. The van der Waals surface area contributed by atoms with Crippen molar-refractivity contribution in [1.29, 1.82) is 0 Å². The smallest absolute Gasteiger partial charge is 0.260 e. The number of carbonyl (C=O) groups is 3. The maximum Gasteiger partial charge on any atom is 0.260 e. The number of anilines is 1. The zero-order chi connectivity index (χ0) is 22.2. The Morgan fingerprint density at radius 3 is 2.45 bits per heavy atom. The second-order valence-electron chi connectivity index (χ2n) is 7.82. The van der Waals surface area contributed by atoms with Crippen molar-refractivity contribution in [3.63, 3.8) is 0 Å². The molecular formula is C24H29N3O4. The van der Waals surface area contributed by atoms with Crippen LogP contribution in [0.1, 0.15) is 25.3 Å². The Balaban J connectivity index is 1.46. The van der Waals surface area contributed by atoms with Gasteiger partial charge in [-0.15, -0.1) is 0 Å². The van der Waals surface area contributed by atoms with E-state index >= 15 is 0 Å². The van der Waals surface area contributed by atoms with Gasteiger partial charge >= 0.3 is 0 Å². The van der Waals surface area contributed by atoms with Gasteiger partial charge in [-0.1, -0.05) is 30.3 Å². The molecule has 1 saturated heterocycles. The molecule has 0 atom stereocenters. The van der Waals surface area contributed by atoms with Crippen molar-refractivity contribution in [1.82, 2.24) is 9.80 Å². The zero-order valence-corrected chi connectivity index (χ0v) is 18.0. The van der Waals surface area contributed by atoms with Gasteiger partial charge in [0.1, 0.15) is 5.75 Å². The Bertz CT molecular complexity index is 908. The number of piperidine rings is 1. The van der Waals surface area contributed by atoms with Gasteiger partial charge in [-0.25, -0.2) is 0 Å². The molecule has 7 nitrogen and oxygen atoms in total. The van der Waals surface area contributed by atoms with Crippen LogP contribution in [0.3, 0.4) is 0 Å². The summed E-state index contributed by atoms with van der Waals surface area (Å²) in [6.45, 7) is 3.10. The number of rotatable bonds is 7. The van der Waals surface area contributed by atoms with Crippen LogP contribution in [0.15, 0.2) is 54.6 Å². The van der Waals surface area contributed by atoms with Crippen LogP contribution < -0.4 is 10.1 Å². The van der Waals surface area contributed by atoms with Gasteiger partial charge in [0.25, 0.3) is 5.91 Å². The van der Waals surface area contributed by atoms with Gasteiger partial charge in [0.2, 0.25) is 11.8 Å².